The molecule has 4 heterocycles. The second-order valence-electron chi connectivity index (χ2n) is 14.4. The maximum atomic E-state index is 13.0. The molecule has 2 aromatic rings. The molecule has 13 nitrogen and oxygen atoms in total. The van der Waals surface area contributed by atoms with E-state index in [1.54, 1.807) is 24.3 Å². The Morgan fingerprint density at radius 1 is 0.830 bits per heavy atom. The normalized spacial score (nSPS) is 30.4. The van der Waals surface area contributed by atoms with Gasteiger partial charge in [-0.3, -0.25) is 19.2 Å². The first-order valence-corrected chi connectivity index (χ1v) is 17.9. The highest BCUT2D eigenvalue weighted by molar-refractivity contribution is 6.10. The summed E-state index contributed by atoms with van der Waals surface area (Å²) in [7, 11) is 2.83. The molecule has 1 spiro atoms. The number of ketones is 2. The van der Waals surface area contributed by atoms with Crippen molar-refractivity contribution < 1.29 is 62.5 Å². The van der Waals surface area contributed by atoms with Gasteiger partial charge >= 0.3 is 11.9 Å². The van der Waals surface area contributed by atoms with Crippen molar-refractivity contribution >= 4 is 35.7 Å². The number of methoxy groups -OCH3 is 2. The van der Waals surface area contributed by atoms with Crippen molar-refractivity contribution in [1.29, 1.82) is 0 Å². The van der Waals surface area contributed by atoms with E-state index in [9.17, 15) is 24.3 Å². The van der Waals surface area contributed by atoms with Gasteiger partial charge in [-0.05, 0) is 85.6 Å². The van der Waals surface area contributed by atoms with Crippen LogP contribution in [0, 0.1) is 23.7 Å². The smallest absolute Gasteiger partial charge is 0.311 e. The summed E-state index contributed by atoms with van der Waals surface area (Å²) < 4.78 is 34.3. The molecule has 53 heavy (non-hydrogen) atoms. The van der Waals surface area contributed by atoms with Gasteiger partial charge in [0.25, 0.3) is 0 Å². The predicted octanol–water partition coefficient (Wildman–Crippen LogP) is 6.10. The number of ether oxygens (including phenoxy) is 6. The monoisotopic (exact) mass is 734 g/mol. The van der Waals surface area contributed by atoms with Crippen LogP contribution >= 0.6 is 0 Å². The molecule has 13 heteroatoms. The van der Waals surface area contributed by atoms with Crippen molar-refractivity contribution in [2.45, 2.75) is 89.7 Å². The number of rotatable bonds is 13. The Bertz CT molecular complexity index is 1780. The van der Waals surface area contributed by atoms with E-state index < -0.39 is 47.5 Å². The number of phenols is 1. The molecule has 0 amide bonds. The minimum Gasteiger partial charge on any atom is -0.504 e. The van der Waals surface area contributed by atoms with E-state index in [2.05, 4.69) is 6.92 Å². The summed E-state index contributed by atoms with van der Waals surface area (Å²) in [4.78, 5) is 62.5. The largest absolute Gasteiger partial charge is 0.504 e. The number of allylic oxidation sites excluding steroid dienone is 2. The highest BCUT2D eigenvalue weighted by atomic mass is 17.3. The summed E-state index contributed by atoms with van der Waals surface area (Å²) in [5, 5.41) is 9.71. The third-order valence-corrected chi connectivity index (χ3v) is 10.8. The summed E-state index contributed by atoms with van der Waals surface area (Å²) in [5.74, 6) is -2.06. The van der Waals surface area contributed by atoms with Gasteiger partial charge in [-0.25, -0.2) is 9.78 Å². The molecular formula is C40H46O13. The number of esters is 2. The van der Waals surface area contributed by atoms with Crippen molar-refractivity contribution in [1.82, 2.24) is 0 Å². The van der Waals surface area contributed by atoms with Crippen molar-refractivity contribution in [3.63, 3.8) is 0 Å². The van der Waals surface area contributed by atoms with Crippen molar-refractivity contribution in [3.05, 3.63) is 59.7 Å². The summed E-state index contributed by atoms with van der Waals surface area (Å²) in [6.45, 7) is 6.04. The molecule has 2 aromatic carbocycles. The number of fused-ring (bicyclic) bond motifs is 2. The van der Waals surface area contributed by atoms with E-state index in [0.717, 1.165) is 19.3 Å². The Balaban J connectivity index is 0.987. The van der Waals surface area contributed by atoms with Gasteiger partial charge < -0.3 is 33.5 Å². The Kier molecular flexibility index (Phi) is 11.4. The van der Waals surface area contributed by atoms with E-state index in [1.807, 2.05) is 13.8 Å². The van der Waals surface area contributed by atoms with Crippen LogP contribution < -0.4 is 14.2 Å². The molecule has 2 bridgehead atoms. The number of carbonyl (C=O) groups excluding carboxylic acids is 4. The molecule has 1 aliphatic carbocycles. The lowest BCUT2D eigenvalue weighted by atomic mass is 9.58. The number of phenolic OH excluding ortho intramolecular Hbond substituents is 1. The zero-order chi connectivity index (χ0) is 37.9. The van der Waals surface area contributed by atoms with Crippen LogP contribution in [0.3, 0.4) is 0 Å². The van der Waals surface area contributed by atoms with E-state index in [1.165, 1.54) is 50.7 Å². The highest BCUT2D eigenvalue weighted by Gasteiger charge is 2.69. The molecule has 4 aliphatic heterocycles. The molecule has 5 fully saturated rings. The van der Waals surface area contributed by atoms with Gasteiger partial charge in [-0.1, -0.05) is 38.1 Å². The van der Waals surface area contributed by atoms with Crippen molar-refractivity contribution in [3.8, 4) is 23.0 Å². The second-order valence-corrected chi connectivity index (χ2v) is 14.4. The molecule has 0 unspecified atom stereocenters. The highest BCUT2D eigenvalue weighted by Crippen LogP contribution is 2.60. The number of hydrogen-bond donors (Lipinski definition) is 1. The fourth-order valence-electron chi connectivity index (χ4n) is 7.91. The minimum atomic E-state index is -0.950. The van der Waals surface area contributed by atoms with Crippen LogP contribution in [-0.2, 0) is 43.2 Å². The quantitative estimate of drug-likeness (QED) is 0.0827. The van der Waals surface area contributed by atoms with Crippen LogP contribution in [0.25, 0.3) is 12.2 Å². The average molecular weight is 735 g/mol. The molecule has 284 valence electrons. The maximum absolute atomic E-state index is 13.0. The third-order valence-electron chi connectivity index (χ3n) is 10.8. The first kappa shape index (κ1) is 38.2. The first-order valence-electron chi connectivity index (χ1n) is 17.9. The van der Waals surface area contributed by atoms with Crippen LogP contribution in [0.4, 0.5) is 0 Å². The Hall–Kier alpha value is -4.56. The lowest BCUT2D eigenvalue weighted by Crippen LogP contribution is -2.70. The number of benzene rings is 2. The topological polar surface area (TPSA) is 162 Å². The van der Waals surface area contributed by atoms with Gasteiger partial charge in [0.15, 0.2) is 46.5 Å². The van der Waals surface area contributed by atoms with Gasteiger partial charge in [-0.2, -0.15) is 0 Å². The standard InChI is InChI=1S/C40H46O13/c1-23-6-13-30-24(2)37(50-38-40(30)29(23)18-19-39(3,51-38)52-53-40)49-36(45)17-16-35(44)48-32-15-10-26(21-34(32)47-5)8-12-28(42)22-27(41)11-7-25-9-14-31(43)33(20-25)46-4/h7-12,14-15,20-21,23-24,29-30,37-38,43H,6,13,16-19,22H2,1-5H3/b11-7+,12-8+/t23-,24-,29+,30+,37-,38-,39+,40-/m1/s1. The number of hydrogen-bond acceptors (Lipinski definition) is 13. The van der Waals surface area contributed by atoms with Gasteiger partial charge in [0.1, 0.15) is 0 Å². The molecule has 1 N–H and O–H groups in total. The first-order chi connectivity index (χ1) is 25.3. The van der Waals surface area contributed by atoms with Crippen molar-refractivity contribution in [2.24, 2.45) is 23.7 Å². The summed E-state index contributed by atoms with van der Waals surface area (Å²) in [5.41, 5.74) is 0.416. The fraction of sp³-hybridized carbons (Fsp3) is 0.500. The van der Waals surface area contributed by atoms with E-state index in [-0.39, 0.29) is 60.0 Å². The molecule has 7 rings (SSSR count). The van der Waals surface area contributed by atoms with Gasteiger partial charge in [0.05, 0.1) is 33.5 Å². The molecule has 0 radical (unpaired) electrons. The summed E-state index contributed by atoms with van der Waals surface area (Å²) in [6.07, 6.45) is 6.58. The van der Waals surface area contributed by atoms with Crippen LogP contribution in [-0.4, -0.2) is 66.8 Å². The van der Waals surface area contributed by atoms with Crippen LogP contribution in [0.2, 0.25) is 0 Å². The Morgan fingerprint density at radius 2 is 1.49 bits per heavy atom. The summed E-state index contributed by atoms with van der Waals surface area (Å²) in [6, 6.07) is 9.33. The van der Waals surface area contributed by atoms with Crippen molar-refractivity contribution in [2.75, 3.05) is 14.2 Å². The van der Waals surface area contributed by atoms with Crippen LogP contribution in [0.5, 0.6) is 23.0 Å². The predicted molar refractivity (Wildman–Crippen MR) is 188 cm³/mol. The maximum Gasteiger partial charge on any atom is 0.311 e. The van der Waals surface area contributed by atoms with E-state index >= 15 is 0 Å². The van der Waals surface area contributed by atoms with Gasteiger partial charge in [0, 0.05) is 18.3 Å². The Labute approximate surface area is 308 Å². The molecular weight excluding hydrogens is 688 g/mol. The zero-order valence-electron chi connectivity index (χ0n) is 30.5. The molecule has 0 aromatic heterocycles. The third kappa shape index (κ3) is 8.18. The molecule has 4 saturated heterocycles. The molecule has 5 aliphatic rings. The average Bonchev–Trinajstić information content (AvgIpc) is 3.37. The molecule has 8 atom stereocenters. The zero-order valence-corrected chi connectivity index (χ0v) is 30.5. The number of carbonyl (C=O) groups is 4. The molecule has 1 saturated carbocycles. The minimum absolute atomic E-state index is 0.0103. The van der Waals surface area contributed by atoms with Gasteiger partial charge in [-0.15, -0.1) is 0 Å². The lowest BCUT2D eigenvalue weighted by Gasteiger charge is -2.59. The van der Waals surface area contributed by atoms with E-state index in [4.69, 9.17) is 38.2 Å². The van der Waals surface area contributed by atoms with E-state index in [0.29, 0.717) is 23.5 Å². The van der Waals surface area contributed by atoms with Crippen LogP contribution in [0.15, 0.2) is 48.6 Å². The Morgan fingerprint density at radius 3 is 2.19 bits per heavy atom. The SMILES string of the molecule is COc1cc(/C=C/C(=O)CC(=O)/C=C/c2ccc(OC(=O)CCC(=O)O[C@@H]3O[C@@H]4O[C@]5(C)CC[C@H]6[C@H](C)CC[C@@H]([C@H]3C)[C@@]46OO5)c(OC)c2)ccc1O. The second kappa shape index (κ2) is 15.8. The van der Waals surface area contributed by atoms with Gasteiger partial charge in [0.2, 0.25) is 12.1 Å². The summed E-state index contributed by atoms with van der Waals surface area (Å²) >= 11 is 0. The van der Waals surface area contributed by atoms with Crippen LogP contribution in [0.1, 0.15) is 76.8 Å². The number of aromatic hydroxyl groups is 1. The lowest BCUT2D eigenvalue weighted by molar-refractivity contribution is -0.576. The fourth-order valence-corrected chi connectivity index (χ4v) is 7.91.